The number of carbonyl (C=O) groups is 2. The maximum Gasteiger partial charge on any atom is 0.336 e. The second-order valence-electron chi connectivity index (χ2n) is 5.44. The average molecular weight is 299 g/mol. The summed E-state index contributed by atoms with van der Waals surface area (Å²) in [6.45, 7) is 0. The van der Waals surface area contributed by atoms with E-state index in [4.69, 9.17) is 0 Å². The Bertz CT molecular complexity index is 736. The Morgan fingerprint density at radius 1 is 1.32 bits per heavy atom. The van der Waals surface area contributed by atoms with E-state index in [1.165, 1.54) is 12.1 Å². The van der Waals surface area contributed by atoms with Crippen molar-refractivity contribution in [3.63, 3.8) is 0 Å². The molecule has 0 spiro atoms. The lowest BCUT2D eigenvalue weighted by molar-refractivity contribution is 0.0690. The smallest absolute Gasteiger partial charge is 0.336 e. The fourth-order valence-electron chi connectivity index (χ4n) is 2.96. The first kappa shape index (κ1) is 14.3. The first-order valence-electron chi connectivity index (χ1n) is 7.22. The third-order valence-electron chi connectivity index (χ3n) is 4.08. The summed E-state index contributed by atoms with van der Waals surface area (Å²) in [4.78, 5) is 23.7. The molecule has 1 atom stereocenters. The summed E-state index contributed by atoms with van der Waals surface area (Å²) in [6, 6.07) is 6.13. The zero-order chi connectivity index (χ0) is 15.7. The SMILES string of the molecule is Cn1ncc2c1CCCC2NC(=O)c1ccccc1C(=O)O. The van der Waals surface area contributed by atoms with E-state index in [0.29, 0.717) is 0 Å². The van der Waals surface area contributed by atoms with E-state index in [2.05, 4.69) is 10.4 Å². The van der Waals surface area contributed by atoms with Crippen molar-refractivity contribution >= 4 is 11.9 Å². The van der Waals surface area contributed by atoms with Crippen molar-refractivity contribution in [3.05, 3.63) is 52.8 Å². The average Bonchev–Trinajstić information content (AvgIpc) is 2.90. The molecule has 1 amide bonds. The Morgan fingerprint density at radius 2 is 2.05 bits per heavy atom. The Morgan fingerprint density at radius 3 is 2.77 bits per heavy atom. The quantitative estimate of drug-likeness (QED) is 0.907. The van der Waals surface area contributed by atoms with Gasteiger partial charge in [-0.05, 0) is 31.4 Å². The van der Waals surface area contributed by atoms with Crippen molar-refractivity contribution < 1.29 is 14.7 Å². The molecule has 1 aliphatic carbocycles. The highest BCUT2D eigenvalue weighted by Crippen LogP contribution is 2.29. The number of fused-ring (bicyclic) bond motifs is 1. The van der Waals surface area contributed by atoms with Crippen LogP contribution in [0.15, 0.2) is 30.5 Å². The number of carbonyl (C=O) groups excluding carboxylic acids is 1. The number of aromatic nitrogens is 2. The molecule has 1 aromatic carbocycles. The molecule has 22 heavy (non-hydrogen) atoms. The van der Waals surface area contributed by atoms with Gasteiger partial charge in [0, 0.05) is 18.3 Å². The van der Waals surface area contributed by atoms with Crippen LogP contribution >= 0.6 is 0 Å². The van der Waals surface area contributed by atoms with Crippen LogP contribution in [0.1, 0.15) is 50.9 Å². The molecule has 1 aliphatic rings. The maximum absolute atomic E-state index is 12.5. The number of nitrogens with one attached hydrogen (secondary N) is 1. The lowest BCUT2D eigenvalue weighted by Gasteiger charge is -2.24. The van der Waals surface area contributed by atoms with Crippen molar-refractivity contribution in [1.82, 2.24) is 15.1 Å². The summed E-state index contributed by atoms with van der Waals surface area (Å²) >= 11 is 0. The Hall–Kier alpha value is -2.63. The highest BCUT2D eigenvalue weighted by molar-refractivity contribution is 6.04. The fraction of sp³-hybridized carbons (Fsp3) is 0.312. The molecular weight excluding hydrogens is 282 g/mol. The number of benzene rings is 1. The molecule has 0 aliphatic heterocycles. The summed E-state index contributed by atoms with van der Waals surface area (Å²) in [7, 11) is 1.89. The van der Waals surface area contributed by atoms with Crippen LogP contribution in [-0.4, -0.2) is 26.8 Å². The van der Waals surface area contributed by atoms with Gasteiger partial charge in [0.05, 0.1) is 23.4 Å². The van der Waals surface area contributed by atoms with Gasteiger partial charge in [-0.3, -0.25) is 9.48 Å². The second-order valence-corrected chi connectivity index (χ2v) is 5.44. The van der Waals surface area contributed by atoms with E-state index in [1.54, 1.807) is 18.3 Å². The highest BCUT2D eigenvalue weighted by atomic mass is 16.4. The van der Waals surface area contributed by atoms with E-state index >= 15 is 0 Å². The standard InChI is InChI=1S/C16H17N3O3/c1-19-14-8-4-7-13(12(14)9-17-19)18-15(20)10-5-2-3-6-11(10)16(21)22/h2-3,5-6,9,13H,4,7-8H2,1H3,(H,18,20)(H,21,22). The van der Waals surface area contributed by atoms with Crippen LogP contribution in [-0.2, 0) is 13.5 Å². The van der Waals surface area contributed by atoms with Crippen LogP contribution < -0.4 is 5.32 Å². The lowest BCUT2D eigenvalue weighted by atomic mass is 9.92. The van der Waals surface area contributed by atoms with Gasteiger partial charge in [-0.15, -0.1) is 0 Å². The molecular formula is C16H17N3O3. The fourth-order valence-corrected chi connectivity index (χ4v) is 2.96. The van der Waals surface area contributed by atoms with Gasteiger partial charge < -0.3 is 10.4 Å². The van der Waals surface area contributed by atoms with Crippen LogP contribution in [0.2, 0.25) is 0 Å². The molecule has 6 heteroatoms. The summed E-state index contributed by atoms with van der Waals surface area (Å²) in [5, 5.41) is 16.4. The molecule has 114 valence electrons. The van der Waals surface area contributed by atoms with E-state index < -0.39 is 5.97 Å². The van der Waals surface area contributed by atoms with Crippen molar-refractivity contribution in [2.24, 2.45) is 7.05 Å². The van der Waals surface area contributed by atoms with Gasteiger partial charge in [0.2, 0.25) is 0 Å². The largest absolute Gasteiger partial charge is 0.478 e. The number of hydrogen-bond donors (Lipinski definition) is 2. The summed E-state index contributed by atoms with van der Waals surface area (Å²) < 4.78 is 1.83. The van der Waals surface area contributed by atoms with Gasteiger partial charge in [-0.1, -0.05) is 12.1 Å². The van der Waals surface area contributed by atoms with Crippen LogP contribution in [0.25, 0.3) is 0 Å². The molecule has 2 N–H and O–H groups in total. The Kier molecular flexibility index (Phi) is 3.66. The normalized spacial score (nSPS) is 16.9. The van der Waals surface area contributed by atoms with Crippen LogP contribution in [0.4, 0.5) is 0 Å². The minimum absolute atomic E-state index is 0.0159. The zero-order valence-electron chi connectivity index (χ0n) is 12.2. The molecule has 0 fully saturated rings. The molecule has 2 aromatic rings. The Labute approximate surface area is 127 Å². The van der Waals surface area contributed by atoms with Gasteiger partial charge in [-0.25, -0.2) is 4.79 Å². The number of nitrogens with zero attached hydrogens (tertiary/aromatic N) is 2. The summed E-state index contributed by atoms with van der Waals surface area (Å²) in [6.07, 6.45) is 4.53. The van der Waals surface area contributed by atoms with Crippen LogP contribution in [0, 0.1) is 0 Å². The maximum atomic E-state index is 12.5. The van der Waals surface area contributed by atoms with Crippen molar-refractivity contribution in [2.75, 3.05) is 0 Å². The third-order valence-corrected chi connectivity index (χ3v) is 4.08. The predicted octanol–water partition coefficient (Wildman–Crippen LogP) is 1.93. The number of aryl methyl sites for hydroxylation is 1. The van der Waals surface area contributed by atoms with Crippen molar-refractivity contribution in [1.29, 1.82) is 0 Å². The molecule has 0 saturated carbocycles. The minimum Gasteiger partial charge on any atom is -0.478 e. The molecule has 3 rings (SSSR count). The zero-order valence-corrected chi connectivity index (χ0v) is 12.2. The molecule has 0 radical (unpaired) electrons. The number of carboxylic acid groups (broad SMARTS) is 1. The van der Waals surface area contributed by atoms with Crippen LogP contribution in [0.5, 0.6) is 0 Å². The molecule has 1 heterocycles. The van der Waals surface area contributed by atoms with E-state index in [1.807, 2.05) is 11.7 Å². The number of carboxylic acids is 1. The van der Waals surface area contributed by atoms with Gasteiger partial charge in [0.1, 0.15) is 0 Å². The number of rotatable bonds is 3. The number of amides is 1. The monoisotopic (exact) mass is 299 g/mol. The molecule has 0 bridgehead atoms. The van der Waals surface area contributed by atoms with Crippen LogP contribution in [0.3, 0.4) is 0 Å². The van der Waals surface area contributed by atoms with Crippen molar-refractivity contribution in [2.45, 2.75) is 25.3 Å². The molecule has 1 unspecified atom stereocenters. The van der Waals surface area contributed by atoms with Gasteiger partial charge >= 0.3 is 5.97 Å². The molecule has 0 saturated heterocycles. The minimum atomic E-state index is -1.10. The number of aromatic carboxylic acids is 1. The first-order chi connectivity index (χ1) is 10.6. The lowest BCUT2D eigenvalue weighted by Crippen LogP contribution is -2.32. The second kappa shape index (κ2) is 5.63. The predicted molar refractivity (Wildman–Crippen MR) is 79.8 cm³/mol. The summed E-state index contributed by atoms with van der Waals surface area (Å²) in [5.41, 5.74) is 2.35. The highest BCUT2D eigenvalue weighted by Gasteiger charge is 2.26. The van der Waals surface area contributed by atoms with E-state index in [-0.39, 0.29) is 23.1 Å². The van der Waals surface area contributed by atoms with E-state index in [9.17, 15) is 14.7 Å². The Balaban J connectivity index is 1.86. The van der Waals surface area contributed by atoms with Gasteiger partial charge in [0.25, 0.3) is 5.91 Å². The van der Waals surface area contributed by atoms with Gasteiger partial charge in [-0.2, -0.15) is 5.10 Å². The topological polar surface area (TPSA) is 84.2 Å². The van der Waals surface area contributed by atoms with Crippen molar-refractivity contribution in [3.8, 4) is 0 Å². The number of hydrogen-bond acceptors (Lipinski definition) is 3. The summed E-state index contributed by atoms with van der Waals surface area (Å²) in [5.74, 6) is -1.46. The molecule has 1 aromatic heterocycles. The molecule has 6 nitrogen and oxygen atoms in total. The van der Waals surface area contributed by atoms with E-state index in [0.717, 1.165) is 30.5 Å². The van der Waals surface area contributed by atoms with Gasteiger partial charge in [0.15, 0.2) is 0 Å². The third kappa shape index (κ3) is 2.47. The first-order valence-corrected chi connectivity index (χ1v) is 7.22.